The molecule has 7 nitrogen and oxygen atoms in total. The van der Waals surface area contributed by atoms with Gasteiger partial charge in [-0.15, -0.1) is 0 Å². The Morgan fingerprint density at radius 3 is 2.36 bits per heavy atom. The summed E-state index contributed by atoms with van der Waals surface area (Å²) in [5, 5.41) is 14.1. The summed E-state index contributed by atoms with van der Waals surface area (Å²) in [5.41, 5.74) is 4.95. The van der Waals surface area contributed by atoms with E-state index in [-0.39, 0.29) is 18.7 Å². The molecule has 1 unspecified atom stereocenters. The minimum atomic E-state index is -1.46. The molecular formula is C31H44FN3O4. The third-order valence-corrected chi connectivity index (χ3v) is 7.23. The van der Waals surface area contributed by atoms with Crippen LogP contribution in [0.1, 0.15) is 84.8 Å². The molecule has 2 amide bonds. The van der Waals surface area contributed by atoms with Crippen molar-refractivity contribution in [1.29, 1.82) is 0 Å². The number of rotatable bonds is 7. The maximum atomic E-state index is 14.8. The van der Waals surface area contributed by atoms with Crippen molar-refractivity contribution in [3.05, 3.63) is 65.5 Å². The van der Waals surface area contributed by atoms with Gasteiger partial charge in [-0.05, 0) is 69.7 Å². The first-order valence-electron chi connectivity index (χ1n) is 13.9. The van der Waals surface area contributed by atoms with Gasteiger partial charge in [0.2, 0.25) is 5.91 Å². The number of likely N-dealkylation sites (tertiary alicyclic amines) is 1. The molecule has 214 valence electrons. The highest BCUT2D eigenvalue weighted by atomic mass is 19.1. The number of nitrogens with two attached hydrogens (primary N) is 1. The van der Waals surface area contributed by atoms with Crippen LogP contribution in [0, 0.1) is 11.7 Å². The zero-order chi connectivity index (χ0) is 29.0. The van der Waals surface area contributed by atoms with Crippen molar-refractivity contribution in [2.24, 2.45) is 11.7 Å². The second-order valence-corrected chi connectivity index (χ2v) is 11.8. The monoisotopic (exact) mass is 541 g/mol. The Balaban J connectivity index is 0.00000205. The summed E-state index contributed by atoms with van der Waals surface area (Å²) in [5.74, 6) is -0.493. The highest BCUT2D eigenvalue weighted by molar-refractivity contribution is 5.97. The average molecular weight is 542 g/mol. The van der Waals surface area contributed by atoms with Crippen LogP contribution in [0.4, 0.5) is 14.9 Å². The van der Waals surface area contributed by atoms with Crippen LogP contribution in [0.2, 0.25) is 0 Å². The largest absolute Gasteiger partial charge is 0.444 e. The molecule has 0 aromatic heterocycles. The zero-order valence-corrected chi connectivity index (χ0v) is 24.1. The first kappa shape index (κ1) is 30.6. The van der Waals surface area contributed by atoms with Crippen LogP contribution in [0.3, 0.4) is 0 Å². The molecule has 1 saturated heterocycles. The van der Waals surface area contributed by atoms with E-state index < -0.39 is 40.6 Å². The third-order valence-electron chi connectivity index (χ3n) is 7.23. The first-order chi connectivity index (χ1) is 18.3. The van der Waals surface area contributed by atoms with Crippen molar-refractivity contribution >= 4 is 17.7 Å². The molecule has 2 aromatic rings. The molecule has 0 radical (unpaired) electrons. The second-order valence-electron chi connectivity index (χ2n) is 11.8. The van der Waals surface area contributed by atoms with E-state index in [4.69, 9.17) is 10.5 Å². The van der Waals surface area contributed by atoms with Gasteiger partial charge in [-0.2, -0.15) is 0 Å². The van der Waals surface area contributed by atoms with Crippen LogP contribution >= 0.6 is 0 Å². The number of β-amino-alcohol motifs (C(OH)–C–C–N with tert-alkyl or cyclic N) is 1. The highest BCUT2D eigenvalue weighted by Gasteiger charge is 2.50. The minimum Gasteiger partial charge on any atom is -0.444 e. The maximum absolute atomic E-state index is 14.8. The van der Waals surface area contributed by atoms with E-state index in [1.54, 1.807) is 57.2 Å². The molecule has 1 saturated carbocycles. The number of hydrogen-bond donors (Lipinski definition) is 3. The number of nitrogens with zero attached hydrogens (tertiary/aromatic N) is 1. The number of carbonyl (C=O) groups excluding carboxylic acids is 2. The Kier molecular flexibility index (Phi) is 9.44. The summed E-state index contributed by atoms with van der Waals surface area (Å²) >= 11 is 0. The molecule has 0 spiro atoms. The Labute approximate surface area is 231 Å². The molecule has 3 atom stereocenters. The normalized spacial score (nSPS) is 22.4. The van der Waals surface area contributed by atoms with Crippen molar-refractivity contribution in [2.45, 2.75) is 96.4 Å². The summed E-state index contributed by atoms with van der Waals surface area (Å²) in [6, 6.07) is 12.3. The van der Waals surface area contributed by atoms with Gasteiger partial charge in [0.05, 0.1) is 12.2 Å². The Bertz CT molecular complexity index is 1140. The predicted octanol–water partition coefficient (Wildman–Crippen LogP) is 6.05. The van der Waals surface area contributed by atoms with E-state index in [2.05, 4.69) is 5.32 Å². The molecule has 2 fully saturated rings. The predicted molar refractivity (Wildman–Crippen MR) is 152 cm³/mol. The molecular weight excluding hydrogens is 497 g/mol. The van der Waals surface area contributed by atoms with Crippen molar-refractivity contribution in [3.8, 4) is 0 Å². The number of benzene rings is 2. The van der Waals surface area contributed by atoms with Crippen LogP contribution in [0.15, 0.2) is 48.5 Å². The van der Waals surface area contributed by atoms with Crippen molar-refractivity contribution in [2.75, 3.05) is 11.9 Å². The highest BCUT2D eigenvalue weighted by Crippen LogP contribution is 2.39. The molecule has 4 rings (SSSR count). The summed E-state index contributed by atoms with van der Waals surface area (Å²) in [4.78, 5) is 27.8. The van der Waals surface area contributed by atoms with E-state index in [1.807, 2.05) is 26.8 Å². The smallest absolute Gasteiger partial charge is 0.411 e. The number of carbonyl (C=O) groups is 2. The molecule has 2 aliphatic rings. The quantitative estimate of drug-likeness (QED) is 0.396. The van der Waals surface area contributed by atoms with Gasteiger partial charge in [-0.3, -0.25) is 9.69 Å². The van der Waals surface area contributed by atoms with Gasteiger partial charge in [-0.25, -0.2) is 9.18 Å². The maximum Gasteiger partial charge on any atom is 0.411 e. The second kappa shape index (κ2) is 12.0. The zero-order valence-electron chi connectivity index (χ0n) is 24.1. The van der Waals surface area contributed by atoms with E-state index in [9.17, 15) is 19.1 Å². The number of amides is 2. The van der Waals surface area contributed by atoms with Crippen LogP contribution < -0.4 is 11.1 Å². The third kappa shape index (κ3) is 7.79. The average Bonchev–Trinajstić information content (AvgIpc) is 3.65. The van der Waals surface area contributed by atoms with E-state index >= 15 is 0 Å². The van der Waals surface area contributed by atoms with Crippen molar-refractivity contribution < 1.29 is 23.8 Å². The topological polar surface area (TPSA) is 105 Å². The van der Waals surface area contributed by atoms with Crippen LogP contribution in [-0.2, 0) is 20.7 Å². The number of anilines is 1. The molecule has 1 aliphatic carbocycles. The lowest BCUT2D eigenvalue weighted by molar-refractivity contribution is -0.120. The summed E-state index contributed by atoms with van der Waals surface area (Å²) in [7, 11) is 0. The molecule has 4 N–H and O–H groups in total. The van der Waals surface area contributed by atoms with Crippen LogP contribution in [0.5, 0.6) is 0 Å². The number of nitrogens with one attached hydrogen (secondary N) is 1. The van der Waals surface area contributed by atoms with Crippen molar-refractivity contribution in [3.63, 3.8) is 0 Å². The molecule has 39 heavy (non-hydrogen) atoms. The summed E-state index contributed by atoms with van der Waals surface area (Å²) in [6.45, 7) is 11.0. The van der Waals surface area contributed by atoms with Crippen molar-refractivity contribution in [1.82, 2.24) is 4.90 Å². The van der Waals surface area contributed by atoms with Gasteiger partial charge in [0, 0.05) is 12.0 Å². The molecule has 1 aliphatic heterocycles. The fraction of sp³-hybridized carbons (Fsp3) is 0.548. The SMILES string of the molecule is CC.CC(C)(C)OC(=O)N1C[C@@](O)(c2ccccc2)C[C@@H]1C(=O)Nc1cc(C(C)(N)CCC2CC2)ccc1F. The number of aliphatic hydroxyl groups is 1. The molecule has 0 bridgehead atoms. The lowest BCUT2D eigenvalue weighted by Gasteiger charge is -2.28. The Morgan fingerprint density at radius 1 is 1.13 bits per heavy atom. The summed E-state index contributed by atoms with van der Waals surface area (Å²) < 4.78 is 20.3. The van der Waals surface area contributed by atoms with Gasteiger partial charge in [-0.1, -0.05) is 63.1 Å². The van der Waals surface area contributed by atoms with Crippen LogP contribution in [-0.4, -0.2) is 40.2 Å². The van der Waals surface area contributed by atoms with E-state index in [0.29, 0.717) is 11.5 Å². The lowest BCUT2D eigenvalue weighted by atomic mass is 9.87. The van der Waals surface area contributed by atoms with E-state index in [0.717, 1.165) is 18.4 Å². The van der Waals surface area contributed by atoms with Gasteiger partial charge >= 0.3 is 6.09 Å². The van der Waals surface area contributed by atoms with Crippen LogP contribution in [0.25, 0.3) is 0 Å². The van der Waals surface area contributed by atoms with Gasteiger partial charge in [0.1, 0.15) is 23.1 Å². The molecule has 1 heterocycles. The Hall–Kier alpha value is -2.97. The number of halogens is 1. The fourth-order valence-electron chi connectivity index (χ4n) is 4.84. The minimum absolute atomic E-state index is 0.00936. The van der Waals surface area contributed by atoms with Gasteiger partial charge in [0.15, 0.2) is 0 Å². The van der Waals surface area contributed by atoms with Gasteiger partial charge < -0.3 is 20.9 Å². The first-order valence-corrected chi connectivity index (χ1v) is 13.9. The lowest BCUT2D eigenvalue weighted by Crippen LogP contribution is -2.45. The fourth-order valence-corrected chi connectivity index (χ4v) is 4.84. The Morgan fingerprint density at radius 2 is 1.77 bits per heavy atom. The number of hydrogen-bond acceptors (Lipinski definition) is 5. The summed E-state index contributed by atoms with van der Waals surface area (Å²) in [6.07, 6.45) is 3.45. The van der Waals surface area contributed by atoms with E-state index in [1.165, 1.54) is 23.8 Å². The standard InChI is InChI=1S/C29H38FN3O4.C2H6/c1-27(2,3)37-26(35)33-18-29(36,20-8-6-5-7-9-20)17-24(33)25(34)32-23-16-21(12-13-22(23)30)28(4,31)15-14-19-10-11-19;1-2/h5-9,12-13,16,19,24,36H,10-11,14-15,17-18,31H2,1-4H3,(H,32,34);1-2H3/t24-,28?,29-;/m1./s1. The number of ether oxygens (including phenoxy) is 1. The van der Waals surface area contributed by atoms with Gasteiger partial charge in [0.25, 0.3) is 0 Å². The molecule has 8 heteroatoms. The molecule has 2 aromatic carbocycles.